The van der Waals surface area contributed by atoms with Gasteiger partial charge in [0.1, 0.15) is 6.61 Å². The second kappa shape index (κ2) is 5.51. The number of para-hydroxylation sites is 1. The lowest BCUT2D eigenvalue weighted by molar-refractivity contribution is -0.120. The molecule has 0 aromatic heterocycles. The SMILES string of the molecule is CCOCC(=O)Nc1c(C)cccc1C. The van der Waals surface area contributed by atoms with Gasteiger partial charge < -0.3 is 10.1 Å². The molecule has 0 aliphatic heterocycles. The molecule has 0 saturated carbocycles. The van der Waals surface area contributed by atoms with Crippen LogP contribution in [0.15, 0.2) is 18.2 Å². The first kappa shape index (κ1) is 11.7. The molecule has 0 aliphatic carbocycles. The number of hydrogen-bond acceptors (Lipinski definition) is 2. The summed E-state index contributed by atoms with van der Waals surface area (Å²) in [5, 5.41) is 2.85. The molecule has 1 rings (SSSR count). The van der Waals surface area contributed by atoms with E-state index >= 15 is 0 Å². The van der Waals surface area contributed by atoms with Crippen LogP contribution in [-0.2, 0) is 9.53 Å². The van der Waals surface area contributed by atoms with Crippen molar-refractivity contribution in [3.63, 3.8) is 0 Å². The summed E-state index contributed by atoms with van der Waals surface area (Å²) in [4.78, 5) is 11.4. The topological polar surface area (TPSA) is 38.3 Å². The van der Waals surface area contributed by atoms with E-state index in [1.807, 2.05) is 39.0 Å². The van der Waals surface area contributed by atoms with Gasteiger partial charge in [0.25, 0.3) is 0 Å². The largest absolute Gasteiger partial charge is 0.372 e. The number of nitrogens with one attached hydrogen (secondary N) is 1. The second-order valence-electron chi connectivity index (χ2n) is 3.45. The molecule has 0 fully saturated rings. The van der Waals surface area contributed by atoms with E-state index in [1.165, 1.54) is 0 Å². The highest BCUT2D eigenvalue weighted by molar-refractivity contribution is 5.93. The predicted octanol–water partition coefficient (Wildman–Crippen LogP) is 2.28. The van der Waals surface area contributed by atoms with E-state index in [2.05, 4.69) is 5.32 Å². The van der Waals surface area contributed by atoms with Crippen molar-refractivity contribution >= 4 is 11.6 Å². The molecule has 0 aliphatic rings. The molecule has 0 bridgehead atoms. The fraction of sp³-hybridized carbons (Fsp3) is 0.417. The van der Waals surface area contributed by atoms with Crippen molar-refractivity contribution in [1.29, 1.82) is 0 Å². The van der Waals surface area contributed by atoms with E-state index < -0.39 is 0 Å². The van der Waals surface area contributed by atoms with Crippen LogP contribution in [0.5, 0.6) is 0 Å². The number of ether oxygens (including phenoxy) is 1. The normalized spacial score (nSPS) is 10.1. The maximum absolute atomic E-state index is 11.4. The van der Waals surface area contributed by atoms with Crippen LogP contribution in [0.1, 0.15) is 18.1 Å². The van der Waals surface area contributed by atoms with Gasteiger partial charge in [-0.2, -0.15) is 0 Å². The van der Waals surface area contributed by atoms with Gasteiger partial charge in [-0.15, -0.1) is 0 Å². The van der Waals surface area contributed by atoms with Crippen LogP contribution >= 0.6 is 0 Å². The molecular formula is C12H17NO2. The molecule has 1 aromatic carbocycles. The number of aryl methyl sites for hydroxylation is 2. The minimum Gasteiger partial charge on any atom is -0.372 e. The van der Waals surface area contributed by atoms with Crippen molar-refractivity contribution in [3.05, 3.63) is 29.3 Å². The third-order valence-electron chi connectivity index (χ3n) is 2.18. The molecule has 1 N–H and O–H groups in total. The molecule has 3 nitrogen and oxygen atoms in total. The van der Waals surface area contributed by atoms with Crippen LogP contribution in [0.2, 0.25) is 0 Å². The van der Waals surface area contributed by atoms with Gasteiger partial charge in [0.15, 0.2) is 0 Å². The molecule has 0 unspecified atom stereocenters. The quantitative estimate of drug-likeness (QED) is 0.822. The Balaban J connectivity index is 2.68. The van der Waals surface area contributed by atoms with Crippen LogP contribution in [-0.4, -0.2) is 19.1 Å². The number of rotatable bonds is 4. The summed E-state index contributed by atoms with van der Waals surface area (Å²) in [6.45, 7) is 6.49. The summed E-state index contributed by atoms with van der Waals surface area (Å²) >= 11 is 0. The van der Waals surface area contributed by atoms with Crippen molar-refractivity contribution in [2.45, 2.75) is 20.8 Å². The van der Waals surface area contributed by atoms with E-state index in [4.69, 9.17) is 4.74 Å². The molecule has 3 heteroatoms. The second-order valence-corrected chi connectivity index (χ2v) is 3.45. The van der Waals surface area contributed by atoms with Gasteiger partial charge in [0, 0.05) is 12.3 Å². The molecule has 0 heterocycles. The number of benzene rings is 1. The zero-order valence-electron chi connectivity index (χ0n) is 9.46. The van der Waals surface area contributed by atoms with Gasteiger partial charge in [0.05, 0.1) is 0 Å². The molecular weight excluding hydrogens is 190 g/mol. The number of anilines is 1. The van der Waals surface area contributed by atoms with Crippen LogP contribution in [0.25, 0.3) is 0 Å². The molecule has 15 heavy (non-hydrogen) atoms. The Labute approximate surface area is 90.4 Å². The third-order valence-corrected chi connectivity index (χ3v) is 2.18. The lowest BCUT2D eigenvalue weighted by Crippen LogP contribution is -2.19. The Hall–Kier alpha value is -1.35. The maximum atomic E-state index is 11.4. The smallest absolute Gasteiger partial charge is 0.250 e. The highest BCUT2D eigenvalue weighted by atomic mass is 16.5. The minimum atomic E-state index is -0.103. The fourth-order valence-electron chi connectivity index (χ4n) is 1.38. The molecule has 0 saturated heterocycles. The number of carbonyl (C=O) groups excluding carboxylic acids is 1. The highest BCUT2D eigenvalue weighted by Gasteiger charge is 2.06. The van der Waals surface area contributed by atoms with Crippen LogP contribution in [0.3, 0.4) is 0 Å². The summed E-state index contributed by atoms with van der Waals surface area (Å²) < 4.78 is 5.04. The zero-order valence-corrected chi connectivity index (χ0v) is 9.46. The van der Waals surface area contributed by atoms with Crippen LogP contribution in [0.4, 0.5) is 5.69 Å². The van der Waals surface area contributed by atoms with Gasteiger partial charge in [-0.1, -0.05) is 18.2 Å². The van der Waals surface area contributed by atoms with E-state index in [9.17, 15) is 4.79 Å². The summed E-state index contributed by atoms with van der Waals surface area (Å²) in [6.07, 6.45) is 0. The lowest BCUT2D eigenvalue weighted by atomic mass is 10.1. The van der Waals surface area contributed by atoms with Crippen LogP contribution in [0, 0.1) is 13.8 Å². The lowest BCUT2D eigenvalue weighted by Gasteiger charge is -2.11. The Morgan fingerprint density at radius 2 is 1.93 bits per heavy atom. The summed E-state index contributed by atoms with van der Waals surface area (Å²) in [5.41, 5.74) is 3.03. The van der Waals surface area contributed by atoms with Crippen molar-refractivity contribution in [3.8, 4) is 0 Å². The Kier molecular flexibility index (Phi) is 4.31. The molecule has 82 valence electrons. The summed E-state index contributed by atoms with van der Waals surface area (Å²) in [7, 11) is 0. The molecule has 0 radical (unpaired) electrons. The standard InChI is InChI=1S/C12H17NO2/c1-4-15-8-11(14)13-12-9(2)6-5-7-10(12)3/h5-7H,4,8H2,1-3H3,(H,13,14). The van der Waals surface area contributed by atoms with Gasteiger partial charge in [-0.3, -0.25) is 4.79 Å². The van der Waals surface area contributed by atoms with Gasteiger partial charge in [0.2, 0.25) is 5.91 Å². The minimum absolute atomic E-state index is 0.103. The molecule has 1 amide bonds. The van der Waals surface area contributed by atoms with E-state index in [0.29, 0.717) is 6.61 Å². The van der Waals surface area contributed by atoms with Crippen molar-refractivity contribution in [2.75, 3.05) is 18.5 Å². The number of carbonyl (C=O) groups is 1. The number of amides is 1. The maximum Gasteiger partial charge on any atom is 0.250 e. The summed E-state index contributed by atoms with van der Waals surface area (Å²) in [6, 6.07) is 5.93. The van der Waals surface area contributed by atoms with E-state index in [-0.39, 0.29) is 12.5 Å². The average Bonchev–Trinajstić information content (AvgIpc) is 2.21. The Morgan fingerprint density at radius 1 is 1.33 bits per heavy atom. The third kappa shape index (κ3) is 3.36. The molecule has 1 aromatic rings. The monoisotopic (exact) mass is 207 g/mol. The van der Waals surface area contributed by atoms with Gasteiger partial charge >= 0.3 is 0 Å². The van der Waals surface area contributed by atoms with Gasteiger partial charge in [-0.25, -0.2) is 0 Å². The first-order valence-electron chi connectivity index (χ1n) is 5.09. The van der Waals surface area contributed by atoms with Crippen molar-refractivity contribution in [2.24, 2.45) is 0 Å². The van der Waals surface area contributed by atoms with E-state index in [0.717, 1.165) is 16.8 Å². The number of hydrogen-bond donors (Lipinski definition) is 1. The van der Waals surface area contributed by atoms with Crippen LogP contribution < -0.4 is 5.32 Å². The van der Waals surface area contributed by atoms with E-state index in [1.54, 1.807) is 0 Å². The predicted molar refractivity (Wildman–Crippen MR) is 61.0 cm³/mol. The first-order chi connectivity index (χ1) is 7.15. The van der Waals surface area contributed by atoms with Gasteiger partial charge in [-0.05, 0) is 31.9 Å². The highest BCUT2D eigenvalue weighted by Crippen LogP contribution is 2.18. The molecule has 0 spiro atoms. The Morgan fingerprint density at radius 3 is 2.47 bits per heavy atom. The van der Waals surface area contributed by atoms with Crippen molar-refractivity contribution in [1.82, 2.24) is 0 Å². The van der Waals surface area contributed by atoms with Crippen molar-refractivity contribution < 1.29 is 9.53 Å². The zero-order chi connectivity index (χ0) is 11.3. The fourth-order valence-corrected chi connectivity index (χ4v) is 1.38. The molecule has 0 atom stereocenters. The average molecular weight is 207 g/mol. The Bertz CT molecular complexity index is 327. The first-order valence-corrected chi connectivity index (χ1v) is 5.09. The summed E-state index contributed by atoms with van der Waals surface area (Å²) in [5.74, 6) is -0.103.